The Morgan fingerprint density at radius 2 is 1.67 bits per heavy atom. The lowest BCUT2D eigenvalue weighted by molar-refractivity contribution is 0.340. The van der Waals surface area contributed by atoms with Crippen LogP contribution < -0.4 is 20.0 Å². The molecule has 6 rings (SSSR count). The number of hydrogen-bond donors (Lipinski definition) is 1. The van der Waals surface area contributed by atoms with E-state index >= 15 is 0 Å². The number of rotatable bonds is 5. The Morgan fingerprint density at radius 1 is 0.974 bits per heavy atom. The minimum absolute atomic E-state index is 0.252. The lowest BCUT2D eigenvalue weighted by Crippen LogP contribution is -2.29. The van der Waals surface area contributed by atoms with Crippen molar-refractivity contribution in [3.63, 3.8) is 0 Å². The van der Waals surface area contributed by atoms with Crippen LogP contribution in [0.1, 0.15) is 32.0 Å². The summed E-state index contributed by atoms with van der Waals surface area (Å²) >= 11 is 6.79. The molecule has 6 nitrogen and oxygen atoms in total. The first kappa shape index (κ1) is 25.6. The highest BCUT2D eigenvalue weighted by Gasteiger charge is 2.45. The molecule has 8 heteroatoms. The number of likely N-dealkylation sites (N-methyl/N-ethyl adjacent to an activating group) is 1. The van der Waals surface area contributed by atoms with Crippen molar-refractivity contribution in [3.05, 3.63) is 101 Å². The van der Waals surface area contributed by atoms with E-state index in [4.69, 9.17) is 26.6 Å². The maximum atomic E-state index is 6.79. The molecule has 0 saturated carbocycles. The summed E-state index contributed by atoms with van der Waals surface area (Å²) in [6.07, 6.45) is -0.660. The number of anilines is 2. The van der Waals surface area contributed by atoms with Crippen molar-refractivity contribution in [2.24, 2.45) is 4.99 Å². The van der Waals surface area contributed by atoms with E-state index in [2.05, 4.69) is 55.1 Å². The smallest absolute Gasteiger partial charge is 0.166 e. The molecule has 0 fully saturated rings. The molecule has 2 aliphatic rings. The van der Waals surface area contributed by atoms with E-state index in [0.29, 0.717) is 6.61 Å². The molecule has 3 heterocycles. The van der Waals surface area contributed by atoms with E-state index in [9.17, 15) is 0 Å². The predicted octanol–water partition coefficient (Wildman–Crippen LogP) is 7.07. The van der Waals surface area contributed by atoms with Crippen molar-refractivity contribution < 1.29 is 4.74 Å². The Morgan fingerprint density at radius 3 is 2.36 bits per heavy atom. The SMILES string of the molecule is CCOc1ccc(N[P@]2(=S)/C(=C3\N(C)c4ccccc4C3(C)C)C=Nc3c2c(C)nn3-c2ccccc2)cc1. The topological polar surface area (TPSA) is 54.7 Å². The van der Waals surface area contributed by atoms with E-state index < -0.39 is 6.19 Å². The summed E-state index contributed by atoms with van der Waals surface area (Å²) in [6, 6.07) is 26.8. The Bertz CT molecular complexity index is 1670. The molecular weight excluding hydrogens is 521 g/mol. The number of para-hydroxylation sites is 2. The molecule has 1 atom stereocenters. The van der Waals surface area contributed by atoms with Crippen LogP contribution in [0.25, 0.3) is 5.69 Å². The molecule has 1 aromatic heterocycles. The van der Waals surface area contributed by atoms with Crippen LogP contribution in [0.5, 0.6) is 5.75 Å². The maximum absolute atomic E-state index is 6.79. The lowest BCUT2D eigenvalue weighted by atomic mass is 9.84. The zero-order chi connectivity index (χ0) is 27.4. The highest BCUT2D eigenvalue weighted by atomic mass is 32.4. The molecule has 39 heavy (non-hydrogen) atoms. The second-order valence-electron chi connectivity index (χ2n) is 10.4. The van der Waals surface area contributed by atoms with Crippen LogP contribution >= 0.6 is 6.19 Å². The Balaban J connectivity index is 1.59. The number of aliphatic imine (C=N–C) groups is 1. The fraction of sp³-hybridized carbons (Fsp3) is 0.226. The number of nitrogens with one attached hydrogen (secondary N) is 1. The standard InChI is InChI=1S/C31H32N5OPS/c1-6-37-24-18-16-22(17-19-24)34-38(39)27(29-31(3,4)25-14-10-11-15-26(25)35(29)5)20-32-30-28(38)21(2)33-36(30)23-12-8-7-9-13-23/h7-20H,6H2,1-5H3,(H,34,39)/b29-27-/t38-/m0/s1. The molecule has 0 amide bonds. The first-order chi connectivity index (χ1) is 18.8. The second kappa shape index (κ2) is 9.51. The molecule has 0 bridgehead atoms. The molecule has 0 spiro atoms. The Hall–Kier alpha value is -3.67. The van der Waals surface area contributed by atoms with Gasteiger partial charge >= 0.3 is 0 Å². The van der Waals surface area contributed by atoms with Gasteiger partial charge in [0.2, 0.25) is 0 Å². The lowest BCUT2D eigenvalue weighted by Gasteiger charge is -2.35. The van der Waals surface area contributed by atoms with Gasteiger partial charge in [-0.25, -0.2) is 9.67 Å². The molecule has 2 aliphatic heterocycles. The molecule has 0 aliphatic carbocycles. The molecule has 198 valence electrons. The van der Waals surface area contributed by atoms with Gasteiger partial charge in [-0.1, -0.05) is 62.1 Å². The molecular formula is C31H32N5OPS. The van der Waals surface area contributed by atoms with Crippen molar-refractivity contribution in [2.75, 3.05) is 23.6 Å². The first-order valence-corrected chi connectivity index (χ1v) is 16.0. The number of fused-ring (bicyclic) bond motifs is 2. The fourth-order valence-electron chi connectivity index (χ4n) is 5.82. The van der Waals surface area contributed by atoms with Crippen molar-refractivity contribution >= 4 is 46.7 Å². The molecule has 3 aromatic carbocycles. The number of allylic oxidation sites excluding steroid dienone is 2. The van der Waals surface area contributed by atoms with Crippen molar-refractivity contribution in [1.29, 1.82) is 0 Å². The quantitative estimate of drug-likeness (QED) is 0.268. The van der Waals surface area contributed by atoms with Gasteiger partial charge in [0.15, 0.2) is 5.82 Å². The van der Waals surface area contributed by atoms with Crippen LogP contribution in [0.4, 0.5) is 17.2 Å². The average molecular weight is 554 g/mol. The minimum atomic E-state index is -2.65. The number of ether oxygens (including phenoxy) is 1. The van der Waals surface area contributed by atoms with Crippen LogP contribution in [-0.2, 0) is 17.2 Å². The molecule has 0 radical (unpaired) electrons. The predicted molar refractivity (Wildman–Crippen MR) is 167 cm³/mol. The van der Waals surface area contributed by atoms with Crippen LogP contribution in [0, 0.1) is 6.92 Å². The van der Waals surface area contributed by atoms with Gasteiger partial charge in [-0.3, -0.25) is 0 Å². The van der Waals surface area contributed by atoms with E-state index in [-0.39, 0.29) is 5.41 Å². The summed E-state index contributed by atoms with van der Waals surface area (Å²) in [4.78, 5) is 7.34. The van der Waals surface area contributed by atoms with Crippen LogP contribution in [-0.4, -0.2) is 29.6 Å². The summed E-state index contributed by atoms with van der Waals surface area (Å²) in [5.41, 5.74) is 6.20. The second-order valence-corrected chi connectivity index (χ2v) is 14.4. The third-order valence-corrected chi connectivity index (χ3v) is 11.7. The van der Waals surface area contributed by atoms with Crippen LogP contribution in [0.15, 0.2) is 94.9 Å². The van der Waals surface area contributed by atoms with Crippen molar-refractivity contribution in [3.8, 4) is 11.4 Å². The molecule has 1 N–H and O–H groups in total. The fourth-order valence-corrected chi connectivity index (χ4v) is 10.0. The molecule has 4 aromatic rings. The third-order valence-electron chi connectivity index (χ3n) is 7.53. The average Bonchev–Trinajstić information content (AvgIpc) is 3.38. The monoisotopic (exact) mass is 553 g/mol. The maximum Gasteiger partial charge on any atom is 0.166 e. The van der Waals surface area contributed by atoms with Gasteiger partial charge in [-0.15, -0.1) is 0 Å². The third kappa shape index (κ3) is 4.03. The van der Waals surface area contributed by atoms with Crippen LogP contribution in [0.3, 0.4) is 0 Å². The van der Waals surface area contributed by atoms with Crippen molar-refractivity contribution in [2.45, 2.75) is 33.1 Å². The van der Waals surface area contributed by atoms with Gasteiger partial charge < -0.3 is 14.7 Å². The molecule has 0 saturated heterocycles. The highest BCUT2D eigenvalue weighted by molar-refractivity contribution is 8.21. The number of hydrogen-bond acceptors (Lipinski definition) is 5. The summed E-state index contributed by atoms with van der Waals surface area (Å²) < 4.78 is 7.61. The normalized spacial score (nSPS) is 21.0. The number of aryl methyl sites for hydroxylation is 1. The van der Waals surface area contributed by atoms with E-state index in [0.717, 1.165) is 39.3 Å². The largest absolute Gasteiger partial charge is 0.494 e. The number of nitrogens with zero attached hydrogens (tertiary/aromatic N) is 4. The Labute approximate surface area is 235 Å². The van der Waals surface area contributed by atoms with Crippen molar-refractivity contribution in [1.82, 2.24) is 9.78 Å². The van der Waals surface area contributed by atoms with Gasteiger partial charge in [0, 0.05) is 41.1 Å². The van der Waals surface area contributed by atoms with Gasteiger partial charge in [-0.2, -0.15) is 5.10 Å². The summed E-state index contributed by atoms with van der Waals surface area (Å²) in [7, 11) is 2.13. The zero-order valence-electron chi connectivity index (χ0n) is 22.8. The molecule has 0 unspecified atom stereocenters. The van der Waals surface area contributed by atoms with Gasteiger partial charge in [0.1, 0.15) is 5.75 Å². The van der Waals surface area contributed by atoms with E-state index in [1.54, 1.807) is 0 Å². The van der Waals surface area contributed by atoms with E-state index in [1.807, 2.05) is 79.3 Å². The highest BCUT2D eigenvalue weighted by Crippen LogP contribution is 2.62. The Kier molecular flexibility index (Phi) is 6.24. The van der Waals surface area contributed by atoms with E-state index in [1.165, 1.54) is 16.9 Å². The van der Waals surface area contributed by atoms with Gasteiger partial charge in [-0.05, 0) is 61.9 Å². The summed E-state index contributed by atoms with van der Waals surface area (Å²) in [5.74, 6) is 1.63. The minimum Gasteiger partial charge on any atom is -0.494 e. The first-order valence-electron chi connectivity index (χ1n) is 13.1. The zero-order valence-corrected chi connectivity index (χ0v) is 24.6. The van der Waals surface area contributed by atoms with Gasteiger partial charge in [0.05, 0.1) is 29.5 Å². The van der Waals surface area contributed by atoms with Gasteiger partial charge in [0.25, 0.3) is 0 Å². The van der Waals surface area contributed by atoms with Crippen LogP contribution in [0.2, 0.25) is 0 Å². The summed E-state index contributed by atoms with van der Waals surface area (Å²) in [5, 5.41) is 10.9. The summed E-state index contributed by atoms with van der Waals surface area (Å²) in [6.45, 7) is 9.21. The number of aromatic nitrogens is 2. The number of benzene rings is 3.